The molecular formula is C16H26BrNO2. The number of ether oxygens (including phenoxy) is 1. The molecule has 20 heavy (non-hydrogen) atoms. The Labute approximate surface area is 130 Å². The van der Waals surface area contributed by atoms with Crippen molar-refractivity contribution >= 4 is 15.9 Å². The average molecular weight is 344 g/mol. The molecule has 0 saturated carbocycles. The van der Waals surface area contributed by atoms with Crippen LogP contribution in [0, 0.1) is 0 Å². The van der Waals surface area contributed by atoms with Crippen LogP contribution in [0.3, 0.4) is 0 Å². The summed E-state index contributed by atoms with van der Waals surface area (Å²) >= 11 is 3.38. The van der Waals surface area contributed by atoms with Crippen LogP contribution in [0.5, 0.6) is 5.75 Å². The van der Waals surface area contributed by atoms with Crippen LogP contribution in [-0.2, 0) is 0 Å². The summed E-state index contributed by atoms with van der Waals surface area (Å²) in [4.78, 5) is 0. The fraction of sp³-hybridized carbons (Fsp3) is 0.625. The van der Waals surface area contributed by atoms with Crippen LogP contribution in [0.2, 0.25) is 0 Å². The second-order valence-corrected chi connectivity index (χ2v) is 6.06. The monoisotopic (exact) mass is 343 g/mol. The van der Waals surface area contributed by atoms with Crippen LogP contribution in [-0.4, -0.2) is 29.9 Å². The van der Waals surface area contributed by atoms with E-state index in [-0.39, 0.29) is 5.54 Å². The zero-order valence-electron chi connectivity index (χ0n) is 12.7. The van der Waals surface area contributed by atoms with Gasteiger partial charge in [0.2, 0.25) is 0 Å². The number of rotatable bonds is 9. The third-order valence-corrected chi connectivity index (χ3v) is 4.53. The summed E-state index contributed by atoms with van der Waals surface area (Å²) in [6.45, 7) is 7.42. The van der Waals surface area contributed by atoms with Gasteiger partial charge in [0.05, 0.1) is 0 Å². The lowest BCUT2D eigenvalue weighted by molar-refractivity contribution is 0.0942. The first kappa shape index (κ1) is 17.5. The van der Waals surface area contributed by atoms with Gasteiger partial charge in [-0.15, -0.1) is 0 Å². The predicted octanol–water partition coefficient (Wildman–Crippen LogP) is 3.75. The van der Waals surface area contributed by atoms with Crippen molar-refractivity contribution in [1.82, 2.24) is 5.32 Å². The van der Waals surface area contributed by atoms with Gasteiger partial charge in [-0.1, -0.05) is 36.7 Å². The van der Waals surface area contributed by atoms with E-state index >= 15 is 0 Å². The molecule has 0 heterocycles. The Hall–Kier alpha value is -0.580. The van der Waals surface area contributed by atoms with Crippen LogP contribution in [0.4, 0.5) is 0 Å². The van der Waals surface area contributed by atoms with Crippen LogP contribution in [0.15, 0.2) is 28.7 Å². The molecule has 0 radical (unpaired) electrons. The summed E-state index contributed by atoms with van der Waals surface area (Å²) < 4.78 is 6.60. The van der Waals surface area contributed by atoms with Crippen molar-refractivity contribution in [3.8, 4) is 5.75 Å². The first-order chi connectivity index (χ1) is 9.55. The molecule has 2 N–H and O–H groups in total. The van der Waals surface area contributed by atoms with Crippen molar-refractivity contribution in [3.63, 3.8) is 0 Å². The lowest BCUT2D eigenvalue weighted by Crippen LogP contribution is -2.47. The summed E-state index contributed by atoms with van der Waals surface area (Å²) in [6.07, 6.45) is 2.71. The molecule has 4 heteroatoms. The molecule has 0 fully saturated rings. The van der Waals surface area contributed by atoms with Crippen LogP contribution < -0.4 is 10.1 Å². The molecule has 0 aromatic heterocycles. The molecule has 0 saturated heterocycles. The highest BCUT2D eigenvalue weighted by Gasteiger charge is 2.23. The number of halogens is 1. The quantitative estimate of drug-likeness (QED) is 0.717. The molecule has 0 spiro atoms. The van der Waals surface area contributed by atoms with E-state index in [1.807, 2.05) is 24.3 Å². The molecule has 0 amide bonds. The standard InChI is InChI=1S/C16H26BrNO2/c1-4-16(5-2,6-3)18-11-14(19)12-20-15-9-7-13(17)8-10-15/h7-10,14,18-19H,4-6,11-12H2,1-3H3. The molecule has 1 aromatic rings. The highest BCUT2D eigenvalue weighted by atomic mass is 79.9. The largest absolute Gasteiger partial charge is 0.491 e. The van der Waals surface area contributed by atoms with Gasteiger partial charge in [-0.25, -0.2) is 0 Å². The number of β-amino-alcohol motifs (C(OH)–C–C–N with tert-alkyl or cyclic N) is 1. The highest BCUT2D eigenvalue weighted by molar-refractivity contribution is 9.10. The number of hydrogen-bond donors (Lipinski definition) is 2. The Bertz CT molecular complexity index is 368. The third kappa shape index (κ3) is 5.43. The molecule has 0 aliphatic carbocycles. The molecule has 1 unspecified atom stereocenters. The van der Waals surface area contributed by atoms with E-state index in [0.29, 0.717) is 13.2 Å². The molecule has 1 aromatic carbocycles. The molecular weight excluding hydrogens is 318 g/mol. The maximum absolute atomic E-state index is 10.0. The maximum atomic E-state index is 10.0. The molecule has 0 bridgehead atoms. The van der Waals surface area contributed by atoms with Gasteiger partial charge in [-0.2, -0.15) is 0 Å². The first-order valence-electron chi connectivity index (χ1n) is 7.36. The maximum Gasteiger partial charge on any atom is 0.119 e. The van der Waals surface area contributed by atoms with Crippen molar-refractivity contribution in [2.24, 2.45) is 0 Å². The van der Waals surface area contributed by atoms with Gasteiger partial charge in [-0.05, 0) is 43.5 Å². The highest BCUT2D eigenvalue weighted by Crippen LogP contribution is 2.19. The van der Waals surface area contributed by atoms with E-state index in [9.17, 15) is 5.11 Å². The number of aliphatic hydroxyl groups excluding tert-OH is 1. The topological polar surface area (TPSA) is 41.5 Å². The molecule has 3 nitrogen and oxygen atoms in total. The fourth-order valence-corrected chi connectivity index (χ4v) is 2.51. The van der Waals surface area contributed by atoms with E-state index in [0.717, 1.165) is 29.5 Å². The van der Waals surface area contributed by atoms with E-state index < -0.39 is 6.10 Å². The molecule has 114 valence electrons. The van der Waals surface area contributed by atoms with Crippen molar-refractivity contribution in [1.29, 1.82) is 0 Å². The minimum absolute atomic E-state index is 0.137. The lowest BCUT2D eigenvalue weighted by Gasteiger charge is -2.33. The van der Waals surface area contributed by atoms with Gasteiger partial charge in [0, 0.05) is 16.6 Å². The smallest absolute Gasteiger partial charge is 0.119 e. The first-order valence-corrected chi connectivity index (χ1v) is 8.16. The number of aliphatic hydroxyl groups is 1. The SMILES string of the molecule is CCC(CC)(CC)NCC(O)COc1ccc(Br)cc1. The molecule has 0 aliphatic rings. The minimum Gasteiger partial charge on any atom is -0.491 e. The predicted molar refractivity (Wildman–Crippen MR) is 87.3 cm³/mol. The van der Waals surface area contributed by atoms with E-state index in [2.05, 4.69) is 42.0 Å². The van der Waals surface area contributed by atoms with Gasteiger partial charge >= 0.3 is 0 Å². The summed E-state index contributed by atoms with van der Waals surface area (Å²) in [6, 6.07) is 7.63. The van der Waals surface area contributed by atoms with Crippen LogP contribution >= 0.6 is 15.9 Å². The van der Waals surface area contributed by atoms with E-state index in [1.54, 1.807) is 0 Å². The number of benzene rings is 1. The summed E-state index contributed by atoms with van der Waals surface area (Å²) in [5.41, 5.74) is 0.137. The molecule has 1 rings (SSSR count). The van der Waals surface area contributed by atoms with Crippen LogP contribution in [0.1, 0.15) is 40.0 Å². The normalized spacial score (nSPS) is 13.2. The summed E-state index contributed by atoms with van der Waals surface area (Å²) in [5.74, 6) is 0.778. The minimum atomic E-state index is -0.498. The van der Waals surface area contributed by atoms with Crippen LogP contribution in [0.25, 0.3) is 0 Å². The van der Waals surface area contributed by atoms with Crippen molar-refractivity contribution in [2.45, 2.75) is 51.7 Å². The molecule has 1 atom stereocenters. The van der Waals surface area contributed by atoms with Crippen molar-refractivity contribution in [3.05, 3.63) is 28.7 Å². The second-order valence-electron chi connectivity index (χ2n) is 5.14. The van der Waals surface area contributed by atoms with Gasteiger partial charge in [0.15, 0.2) is 0 Å². The fourth-order valence-electron chi connectivity index (χ4n) is 2.24. The Balaban J connectivity index is 2.36. The lowest BCUT2D eigenvalue weighted by atomic mass is 9.90. The van der Waals surface area contributed by atoms with E-state index in [4.69, 9.17) is 4.74 Å². The zero-order valence-corrected chi connectivity index (χ0v) is 14.2. The Morgan fingerprint density at radius 2 is 1.70 bits per heavy atom. The summed E-state index contributed by atoms with van der Waals surface area (Å²) in [7, 11) is 0. The van der Waals surface area contributed by atoms with Gasteiger partial charge in [0.25, 0.3) is 0 Å². The second kappa shape index (κ2) is 8.65. The van der Waals surface area contributed by atoms with Crippen molar-refractivity contribution < 1.29 is 9.84 Å². The average Bonchev–Trinajstić information content (AvgIpc) is 2.48. The van der Waals surface area contributed by atoms with Gasteiger partial charge in [-0.3, -0.25) is 0 Å². The third-order valence-electron chi connectivity index (χ3n) is 4.00. The Morgan fingerprint density at radius 3 is 2.20 bits per heavy atom. The van der Waals surface area contributed by atoms with Crippen molar-refractivity contribution in [2.75, 3.05) is 13.2 Å². The number of nitrogens with one attached hydrogen (secondary N) is 1. The van der Waals surface area contributed by atoms with Gasteiger partial charge < -0.3 is 15.2 Å². The Morgan fingerprint density at radius 1 is 1.15 bits per heavy atom. The number of hydrogen-bond acceptors (Lipinski definition) is 3. The van der Waals surface area contributed by atoms with E-state index in [1.165, 1.54) is 0 Å². The summed E-state index contributed by atoms with van der Waals surface area (Å²) in [5, 5.41) is 13.5. The van der Waals surface area contributed by atoms with Gasteiger partial charge in [0.1, 0.15) is 18.5 Å². The zero-order chi connectivity index (χ0) is 15.0. The molecule has 0 aliphatic heterocycles. The Kier molecular flexibility index (Phi) is 7.56.